The Hall–Kier alpha value is -3.32. The van der Waals surface area contributed by atoms with Gasteiger partial charge in [0.1, 0.15) is 17.9 Å². The molecule has 1 amide bonds. The van der Waals surface area contributed by atoms with E-state index in [0.717, 1.165) is 16.9 Å². The molecule has 0 saturated heterocycles. The first-order valence-corrected chi connectivity index (χ1v) is 12.0. The van der Waals surface area contributed by atoms with Crippen molar-refractivity contribution in [2.24, 2.45) is 0 Å². The van der Waals surface area contributed by atoms with Gasteiger partial charge < -0.3 is 10.1 Å². The van der Waals surface area contributed by atoms with E-state index in [-0.39, 0.29) is 23.4 Å². The van der Waals surface area contributed by atoms with E-state index < -0.39 is 15.6 Å². The quantitative estimate of drug-likeness (QED) is 0.649. The van der Waals surface area contributed by atoms with E-state index in [0.29, 0.717) is 17.7 Å². The van der Waals surface area contributed by atoms with Crippen LogP contribution in [0.15, 0.2) is 77.7 Å². The smallest absolute Gasteiger partial charge is 0.265 e. The molecule has 1 N–H and O–H groups in total. The van der Waals surface area contributed by atoms with Crippen molar-refractivity contribution >= 4 is 21.6 Å². The van der Waals surface area contributed by atoms with Crippen molar-refractivity contribution in [1.82, 2.24) is 5.32 Å². The van der Waals surface area contributed by atoms with Crippen molar-refractivity contribution in [2.75, 3.05) is 10.8 Å². The van der Waals surface area contributed by atoms with Gasteiger partial charge in [0.15, 0.2) is 0 Å². The molecule has 1 atom stereocenters. The third-order valence-electron chi connectivity index (χ3n) is 5.92. The van der Waals surface area contributed by atoms with E-state index in [2.05, 4.69) is 5.32 Å². The maximum atomic E-state index is 13.4. The Morgan fingerprint density at radius 3 is 2.47 bits per heavy atom. The van der Waals surface area contributed by atoms with Crippen LogP contribution in [0.25, 0.3) is 11.1 Å². The number of para-hydroxylation sites is 2. The average molecular weight is 449 g/mol. The summed E-state index contributed by atoms with van der Waals surface area (Å²) < 4.78 is 34.1. The van der Waals surface area contributed by atoms with Crippen molar-refractivity contribution in [3.63, 3.8) is 0 Å². The molecule has 7 heteroatoms. The highest BCUT2D eigenvalue weighted by atomic mass is 32.2. The van der Waals surface area contributed by atoms with Gasteiger partial charge in [0.05, 0.1) is 16.6 Å². The zero-order chi connectivity index (χ0) is 22.5. The summed E-state index contributed by atoms with van der Waals surface area (Å²) in [7, 11) is -3.87. The van der Waals surface area contributed by atoms with E-state index >= 15 is 0 Å². The second kappa shape index (κ2) is 7.38. The van der Waals surface area contributed by atoms with Gasteiger partial charge in [-0.3, -0.25) is 9.10 Å². The number of sulfonamides is 1. The lowest BCUT2D eigenvalue weighted by Gasteiger charge is -2.38. The number of fused-ring (bicyclic) bond motifs is 4. The van der Waals surface area contributed by atoms with Crippen molar-refractivity contribution in [2.45, 2.75) is 36.8 Å². The average Bonchev–Trinajstić information content (AvgIpc) is 2.76. The first-order valence-electron chi connectivity index (χ1n) is 10.5. The number of rotatable bonds is 3. The molecule has 3 aromatic rings. The van der Waals surface area contributed by atoms with Crippen LogP contribution in [0.5, 0.6) is 5.75 Å². The van der Waals surface area contributed by atoms with Crippen LogP contribution in [-0.2, 0) is 14.8 Å². The Morgan fingerprint density at radius 1 is 1.00 bits per heavy atom. The van der Waals surface area contributed by atoms with Gasteiger partial charge in [-0.15, -0.1) is 0 Å². The number of carbonyl (C=O) groups is 1. The SMILES string of the molecule is CC1(C)CC(NC(=O)CN2c3ccccc3-c3ccccc3S2(=O)=O)c2ccccc2O1. The first kappa shape index (κ1) is 20.6. The predicted molar refractivity (Wildman–Crippen MR) is 123 cm³/mol. The molecule has 6 nitrogen and oxygen atoms in total. The van der Waals surface area contributed by atoms with E-state index in [1.165, 1.54) is 4.31 Å². The van der Waals surface area contributed by atoms with Crippen LogP contribution in [0.4, 0.5) is 5.69 Å². The van der Waals surface area contributed by atoms with Crippen LogP contribution in [-0.4, -0.2) is 26.5 Å². The zero-order valence-corrected chi connectivity index (χ0v) is 18.7. The van der Waals surface area contributed by atoms with Gasteiger partial charge in [0, 0.05) is 23.1 Å². The van der Waals surface area contributed by atoms with Gasteiger partial charge in [-0.05, 0) is 32.0 Å². The summed E-state index contributed by atoms with van der Waals surface area (Å²) in [5.41, 5.74) is 2.40. The van der Waals surface area contributed by atoms with E-state index in [1.54, 1.807) is 30.3 Å². The van der Waals surface area contributed by atoms with Crippen LogP contribution in [0, 0.1) is 0 Å². The Labute approximate surface area is 187 Å². The molecule has 0 fully saturated rings. The first-order chi connectivity index (χ1) is 15.3. The number of benzene rings is 3. The number of anilines is 1. The fourth-order valence-electron chi connectivity index (χ4n) is 4.55. The number of nitrogens with one attached hydrogen (secondary N) is 1. The van der Waals surface area contributed by atoms with E-state index in [1.807, 2.05) is 56.3 Å². The lowest BCUT2D eigenvalue weighted by atomic mass is 9.89. The summed E-state index contributed by atoms with van der Waals surface area (Å²) in [4.78, 5) is 13.4. The Balaban J connectivity index is 1.47. The van der Waals surface area contributed by atoms with Crippen LogP contribution >= 0.6 is 0 Å². The largest absolute Gasteiger partial charge is 0.487 e. The van der Waals surface area contributed by atoms with Crippen LogP contribution in [0.2, 0.25) is 0 Å². The number of nitrogens with zero attached hydrogens (tertiary/aromatic N) is 1. The van der Waals surface area contributed by atoms with Gasteiger partial charge in [-0.1, -0.05) is 54.6 Å². The van der Waals surface area contributed by atoms with Gasteiger partial charge in [-0.2, -0.15) is 0 Å². The second-order valence-electron chi connectivity index (χ2n) is 8.75. The maximum Gasteiger partial charge on any atom is 0.265 e. The van der Waals surface area contributed by atoms with Gasteiger partial charge in [0.2, 0.25) is 5.91 Å². The van der Waals surface area contributed by atoms with Crippen LogP contribution in [0.1, 0.15) is 31.9 Å². The highest BCUT2D eigenvalue weighted by Gasteiger charge is 2.38. The number of amides is 1. The molecule has 2 aliphatic rings. The molecule has 0 saturated carbocycles. The molecular weight excluding hydrogens is 424 g/mol. The molecule has 3 aromatic carbocycles. The highest BCUT2D eigenvalue weighted by Crippen LogP contribution is 2.43. The third-order valence-corrected chi connectivity index (χ3v) is 7.73. The summed E-state index contributed by atoms with van der Waals surface area (Å²) in [5.74, 6) is 0.374. The van der Waals surface area contributed by atoms with Gasteiger partial charge in [0.25, 0.3) is 10.0 Å². The predicted octanol–water partition coefficient (Wildman–Crippen LogP) is 4.28. The lowest BCUT2D eigenvalue weighted by Crippen LogP contribution is -2.46. The van der Waals surface area contributed by atoms with E-state index in [4.69, 9.17) is 4.74 Å². The highest BCUT2D eigenvalue weighted by molar-refractivity contribution is 7.93. The standard InChI is InChI=1S/C25H24N2O4S/c1-25(2)15-20(19-11-4-7-13-22(19)31-25)26-24(28)16-27-21-12-6-3-9-17(21)18-10-5-8-14-23(18)32(27,29)30/h3-14,20H,15-16H2,1-2H3,(H,26,28). The maximum absolute atomic E-state index is 13.4. The minimum absolute atomic E-state index is 0.212. The molecule has 0 aliphatic carbocycles. The molecule has 0 spiro atoms. The van der Waals surface area contributed by atoms with Crippen LogP contribution < -0.4 is 14.4 Å². The fraction of sp³-hybridized carbons (Fsp3) is 0.240. The summed E-state index contributed by atoms with van der Waals surface area (Å²) >= 11 is 0. The molecule has 2 heterocycles. The zero-order valence-electron chi connectivity index (χ0n) is 17.9. The summed E-state index contributed by atoms with van der Waals surface area (Å²) in [6, 6.07) is 21.5. The summed E-state index contributed by atoms with van der Waals surface area (Å²) in [5, 5.41) is 3.05. The minimum atomic E-state index is -3.87. The summed E-state index contributed by atoms with van der Waals surface area (Å²) in [6.45, 7) is 3.66. The number of hydrogen-bond donors (Lipinski definition) is 1. The molecule has 0 radical (unpaired) electrons. The van der Waals surface area contributed by atoms with Crippen molar-refractivity contribution < 1.29 is 17.9 Å². The molecular formula is C25H24N2O4S. The van der Waals surface area contributed by atoms with Crippen molar-refractivity contribution in [3.8, 4) is 16.9 Å². The Morgan fingerprint density at radius 2 is 1.66 bits per heavy atom. The Bertz CT molecular complexity index is 1320. The van der Waals surface area contributed by atoms with Crippen LogP contribution in [0.3, 0.4) is 0 Å². The van der Waals surface area contributed by atoms with Gasteiger partial charge in [-0.25, -0.2) is 8.42 Å². The van der Waals surface area contributed by atoms with E-state index in [9.17, 15) is 13.2 Å². The minimum Gasteiger partial charge on any atom is -0.487 e. The molecule has 0 bridgehead atoms. The summed E-state index contributed by atoms with van der Waals surface area (Å²) in [6.07, 6.45) is 0.585. The fourth-order valence-corrected chi connectivity index (χ4v) is 6.20. The Kier molecular flexibility index (Phi) is 4.74. The lowest BCUT2D eigenvalue weighted by molar-refractivity contribution is -0.120. The normalized spacial score (nSPS) is 19.7. The molecule has 5 rings (SSSR count). The van der Waals surface area contributed by atoms with Crippen molar-refractivity contribution in [1.29, 1.82) is 0 Å². The second-order valence-corrected chi connectivity index (χ2v) is 10.6. The molecule has 0 aromatic heterocycles. The molecule has 2 aliphatic heterocycles. The van der Waals surface area contributed by atoms with Gasteiger partial charge >= 0.3 is 0 Å². The monoisotopic (exact) mass is 448 g/mol. The topological polar surface area (TPSA) is 75.7 Å². The molecule has 1 unspecified atom stereocenters. The number of hydrogen-bond acceptors (Lipinski definition) is 4. The molecule has 32 heavy (non-hydrogen) atoms. The number of carbonyl (C=O) groups excluding carboxylic acids is 1. The molecule has 164 valence electrons. The number of ether oxygens (including phenoxy) is 1. The third kappa shape index (κ3) is 3.42. The van der Waals surface area contributed by atoms with Crippen molar-refractivity contribution in [3.05, 3.63) is 78.4 Å².